The van der Waals surface area contributed by atoms with Crippen LogP contribution < -0.4 is 15.6 Å². The molecule has 0 spiro atoms. The fraction of sp³-hybridized carbons (Fsp3) is 0.167. The Kier molecular flexibility index (Phi) is 6.75. The van der Waals surface area contributed by atoms with Gasteiger partial charge in [-0.15, -0.1) is 0 Å². The largest absolute Gasteiger partial charge is 0.483 e. The summed E-state index contributed by atoms with van der Waals surface area (Å²) < 4.78 is 5.69. The number of halogens is 1. The molecule has 0 bridgehead atoms. The zero-order valence-electron chi connectivity index (χ0n) is 16.8. The Hall–Kier alpha value is -3.31. The average molecular weight is 423 g/mol. The maximum atomic E-state index is 12.6. The fourth-order valence-electron chi connectivity index (χ4n) is 2.91. The molecule has 0 aliphatic heterocycles. The van der Waals surface area contributed by atoms with E-state index < -0.39 is 11.3 Å². The summed E-state index contributed by atoms with van der Waals surface area (Å²) in [6.07, 6.45) is 0. The lowest BCUT2D eigenvalue weighted by atomic mass is 9.84. The van der Waals surface area contributed by atoms with Crippen molar-refractivity contribution in [2.24, 2.45) is 0 Å². The molecule has 3 aromatic carbocycles. The number of carbonyl (C=O) groups excluding carboxylic acids is 2. The predicted octanol–water partition coefficient (Wildman–Crippen LogP) is 4.51. The van der Waals surface area contributed by atoms with E-state index in [-0.39, 0.29) is 12.5 Å². The van der Waals surface area contributed by atoms with Crippen LogP contribution in [-0.2, 0) is 15.0 Å². The number of nitrogens with one attached hydrogen (secondary N) is 2. The van der Waals surface area contributed by atoms with Crippen LogP contribution in [0.1, 0.15) is 19.4 Å². The van der Waals surface area contributed by atoms with Crippen LogP contribution in [0.4, 0.5) is 0 Å². The van der Waals surface area contributed by atoms with Gasteiger partial charge in [0.2, 0.25) is 5.91 Å². The Balaban J connectivity index is 1.57. The van der Waals surface area contributed by atoms with E-state index in [9.17, 15) is 9.59 Å². The number of para-hydroxylation sites is 1. The quantitative estimate of drug-likeness (QED) is 0.574. The molecule has 3 rings (SSSR count). The molecule has 0 heterocycles. The third-order valence-corrected chi connectivity index (χ3v) is 5.03. The summed E-state index contributed by atoms with van der Waals surface area (Å²) >= 11 is 5.91. The lowest BCUT2D eigenvalue weighted by molar-refractivity contribution is -0.132. The van der Waals surface area contributed by atoms with Crippen LogP contribution >= 0.6 is 11.6 Å². The van der Waals surface area contributed by atoms with Crippen molar-refractivity contribution in [2.75, 3.05) is 6.61 Å². The third kappa shape index (κ3) is 5.19. The summed E-state index contributed by atoms with van der Waals surface area (Å²) in [4.78, 5) is 24.8. The Morgan fingerprint density at radius 1 is 0.867 bits per heavy atom. The minimum absolute atomic E-state index is 0.231. The predicted molar refractivity (Wildman–Crippen MR) is 118 cm³/mol. The summed E-state index contributed by atoms with van der Waals surface area (Å²) in [5.41, 5.74) is 6.69. The maximum absolute atomic E-state index is 12.6. The van der Waals surface area contributed by atoms with E-state index in [4.69, 9.17) is 16.3 Å². The second kappa shape index (κ2) is 9.46. The maximum Gasteiger partial charge on any atom is 0.276 e. The van der Waals surface area contributed by atoms with Crippen molar-refractivity contribution in [2.45, 2.75) is 19.3 Å². The summed E-state index contributed by atoms with van der Waals surface area (Å²) in [7, 11) is 0. The Bertz CT molecular complexity index is 1020. The van der Waals surface area contributed by atoms with Gasteiger partial charge in [-0.25, -0.2) is 0 Å². The van der Waals surface area contributed by atoms with Crippen molar-refractivity contribution in [3.05, 3.63) is 89.4 Å². The molecule has 0 saturated heterocycles. The van der Waals surface area contributed by atoms with Crippen LogP contribution in [0.5, 0.6) is 5.75 Å². The number of ether oxygens (including phenoxy) is 1. The smallest absolute Gasteiger partial charge is 0.276 e. The molecule has 154 valence electrons. The van der Waals surface area contributed by atoms with E-state index in [1.807, 2.05) is 48.5 Å². The fourth-order valence-corrected chi connectivity index (χ4v) is 3.03. The van der Waals surface area contributed by atoms with Crippen molar-refractivity contribution in [1.82, 2.24) is 10.9 Å². The highest BCUT2D eigenvalue weighted by Crippen LogP contribution is 2.29. The lowest BCUT2D eigenvalue weighted by Gasteiger charge is -2.24. The van der Waals surface area contributed by atoms with Gasteiger partial charge in [0.1, 0.15) is 5.75 Å². The normalized spacial score (nSPS) is 10.9. The van der Waals surface area contributed by atoms with Gasteiger partial charge in [0.15, 0.2) is 6.61 Å². The van der Waals surface area contributed by atoms with Gasteiger partial charge >= 0.3 is 0 Å². The van der Waals surface area contributed by atoms with Crippen molar-refractivity contribution in [3.8, 4) is 16.9 Å². The number of carbonyl (C=O) groups is 2. The van der Waals surface area contributed by atoms with Gasteiger partial charge in [-0.05, 0) is 43.2 Å². The minimum atomic E-state index is -0.849. The van der Waals surface area contributed by atoms with Crippen molar-refractivity contribution < 1.29 is 14.3 Å². The first-order valence-electron chi connectivity index (χ1n) is 9.50. The van der Waals surface area contributed by atoms with E-state index in [0.717, 1.165) is 16.7 Å². The molecule has 3 aromatic rings. The average Bonchev–Trinajstić information content (AvgIpc) is 2.77. The van der Waals surface area contributed by atoms with E-state index in [1.165, 1.54) is 0 Å². The van der Waals surface area contributed by atoms with Crippen LogP contribution in [0.25, 0.3) is 11.1 Å². The first-order chi connectivity index (χ1) is 14.4. The SMILES string of the molecule is CC(C)(C(=O)NNC(=O)COc1ccccc1-c1ccccc1)c1ccc(Cl)cc1. The molecule has 30 heavy (non-hydrogen) atoms. The molecule has 0 saturated carbocycles. The molecule has 0 radical (unpaired) electrons. The van der Waals surface area contributed by atoms with E-state index in [2.05, 4.69) is 10.9 Å². The number of hydrazine groups is 1. The van der Waals surface area contributed by atoms with Crippen LogP contribution in [0, 0.1) is 0 Å². The molecule has 2 N–H and O–H groups in total. The van der Waals surface area contributed by atoms with Crippen LogP contribution in [0.3, 0.4) is 0 Å². The zero-order chi connectivity index (χ0) is 21.6. The van der Waals surface area contributed by atoms with Gasteiger partial charge < -0.3 is 4.74 Å². The molecule has 6 heteroatoms. The molecule has 5 nitrogen and oxygen atoms in total. The molecule has 0 aliphatic carbocycles. The van der Waals surface area contributed by atoms with E-state index >= 15 is 0 Å². The van der Waals surface area contributed by atoms with Gasteiger partial charge in [0.25, 0.3) is 5.91 Å². The number of hydrogen-bond acceptors (Lipinski definition) is 3. The summed E-state index contributed by atoms with van der Waals surface area (Å²) in [5.74, 6) is -0.215. The number of benzene rings is 3. The summed E-state index contributed by atoms with van der Waals surface area (Å²) in [6, 6.07) is 24.3. The minimum Gasteiger partial charge on any atom is -0.483 e. The topological polar surface area (TPSA) is 67.4 Å². The highest BCUT2D eigenvalue weighted by Gasteiger charge is 2.30. The van der Waals surface area contributed by atoms with Gasteiger partial charge in [0.05, 0.1) is 5.41 Å². The lowest BCUT2D eigenvalue weighted by Crippen LogP contribution is -2.50. The third-order valence-electron chi connectivity index (χ3n) is 4.78. The first kappa shape index (κ1) is 21.4. The van der Waals surface area contributed by atoms with Gasteiger partial charge in [-0.3, -0.25) is 20.4 Å². The number of amides is 2. The Morgan fingerprint density at radius 2 is 1.50 bits per heavy atom. The van der Waals surface area contributed by atoms with Crippen molar-refractivity contribution in [1.29, 1.82) is 0 Å². The first-order valence-corrected chi connectivity index (χ1v) is 9.88. The second-order valence-corrected chi connectivity index (χ2v) is 7.72. The second-order valence-electron chi connectivity index (χ2n) is 7.29. The summed E-state index contributed by atoms with van der Waals surface area (Å²) in [5, 5.41) is 0.594. The number of rotatable bonds is 6. The van der Waals surface area contributed by atoms with Crippen LogP contribution in [-0.4, -0.2) is 18.4 Å². The molecular formula is C24H23ClN2O3. The Morgan fingerprint density at radius 3 is 2.20 bits per heavy atom. The van der Waals surface area contributed by atoms with Crippen LogP contribution in [0.2, 0.25) is 5.02 Å². The molecule has 0 fully saturated rings. The molecule has 0 unspecified atom stereocenters. The Labute approximate surface area is 181 Å². The molecule has 2 amide bonds. The molecular weight excluding hydrogens is 400 g/mol. The summed E-state index contributed by atoms with van der Waals surface area (Å²) in [6.45, 7) is 3.31. The molecule has 0 aliphatic rings. The highest BCUT2D eigenvalue weighted by molar-refractivity contribution is 6.30. The van der Waals surface area contributed by atoms with Crippen molar-refractivity contribution >= 4 is 23.4 Å². The highest BCUT2D eigenvalue weighted by atomic mass is 35.5. The van der Waals surface area contributed by atoms with Gasteiger partial charge in [0, 0.05) is 10.6 Å². The molecule has 0 atom stereocenters. The van der Waals surface area contributed by atoms with E-state index in [1.54, 1.807) is 44.2 Å². The van der Waals surface area contributed by atoms with Gasteiger partial charge in [-0.1, -0.05) is 72.3 Å². The van der Waals surface area contributed by atoms with Gasteiger partial charge in [-0.2, -0.15) is 0 Å². The van der Waals surface area contributed by atoms with Crippen LogP contribution in [0.15, 0.2) is 78.9 Å². The number of hydrogen-bond donors (Lipinski definition) is 2. The monoisotopic (exact) mass is 422 g/mol. The molecule has 0 aromatic heterocycles. The standard InChI is InChI=1S/C24H23ClN2O3/c1-24(2,18-12-14-19(25)15-13-18)23(29)27-26-22(28)16-30-21-11-7-6-10-20(21)17-8-4-3-5-9-17/h3-15H,16H2,1-2H3,(H,26,28)(H,27,29). The zero-order valence-corrected chi connectivity index (χ0v) is 17.6. The van der Waals surface area contributed by atoms with Crippen molar-refractivity contribution in [3.63, 3.8) is 0 Å². The van der Waals surface area contributed by atoms with E-state index in [0.29, 0.717) is 10.8 Å².